The van der Waals surface area contributed by atoms with E-state index in [2.05, 4.69) is 20.3 Å². The number of rotatable bonds is 7. The van der Waals surface area contributed by atoms with Crippen LogP contribution in [-0.4, -0.2) is 46.7 Å². The van der Waals surface area contributed by atoms with Gasteiger partial charge in [0.25, 0.3) is 5.91 Å². The van der Waals surface area contributed by atoms with Crippen LogP contribution in [0.25, 0.3) is 22.3 Å². The number of fused-ring (bicyclic) bond motifs is 1. The number of hydrogen-bond donors (Lipinski definition) is 3. The summed E-state index contributed by atoms with van der Waals surface area (Å²) in [7, 11) is 1.42. The molecule has 4 N–H and O–H groups in total. The zero-order chi connectivity index (χ0) is 23.8. The fraction of sp³-hybridized carbons (Fsp3) is 0.480. The first kappa shape index (κ1) is 22.6. The molecule has 2 aliphatic carbocycles. The highest BCUT2D eigenvalue weighted by Crippen LogP contribution is 2.39. The van der Waals surface area contributed by atoms with Gasteiger partial charge in [0.2, 0.25) is 0 Å². The van der Waals surface area contributed by atoms with E-state index in [1.807, 2.05) is 6.92 Å². The summed E-state index contributed by atoms with van der Waals surface area (Å²) in [4.78, 5) is 25.3. The standard InChI is InChI=1S/C25H30FN5O3/c1-13-21(25(32)31-16-7-5-15(27)6-8-16)23-24(30-13)22(28-12-29-23)17-9-18(26)20(33-2)10-19(17)34-11-14-3-4-14/h9-10,12,14-16,30H,3-8,11,27H2,1-2H3,(H,31,32). The van der Waals surface area contributed by atoms with Crippen molar-refractivity contribution in [2.24, 2.45) is 11.7 Å². The van der Waals surface area contributed by atoms with Gasteiger partial charge in [0, 0.05) is 29.4 Å². The highest BCUT2D eigenvalue weighted by atomic mass is 19.1. The van der Waals surface area contributed by atoms with Crippen molar-refractivity contribution < 1.29 is 18.7 Å². The Morgan fingerprint density at radius 2 is 1.94 bits per heavy atom. The molecule has 0 radical (unpaired) electrons. The summed E-state index contributed by atoms with van der Waals surface area (Å²) < 4.78 is 25.9. The lowest BCUT2D eigenvalue weighted by atomic mass is 9.91. The van der Waals surface area contributed by atoms with Crippen molar-refractivity contribution in [3.05, 3.63) is 35.5 Å². The van der Waals surface area contributed by atoms with Crippen molar-refractivity contribution in [2.45, 2.75) is 57.5 Å². The van der Waals surface area contributed by atoms with E-state index in [9.17, 15) is 9.18 Å². The number of methoxy groups -OCH3 is 1. The van der Waals surface area contributed by atoms with Crippen LogP contribution in [-0.2, 0) is 0 Å². The molecule has 0 spiro atoms. The van der Waals surface area contributed by atoms with Crippen molar-refractivity contribution in [1.82, 2.24) is 20.3 Å². The van der Waals surface area contributed by atoms with Crippen molar-refractivity contribution >= 4 is 16.9 Å². The van der Waals surface area contributed by atoms with Crippen LogP contribution in [0.4, 0.5) is 4.39 Å². The van der Waals surface area contributed by atoms with Gasteiger partial charge in [-0.3, -0.25) is 4.79 Å². The largest absolute Gasteiger partial charge is 0.494 e. The highest BCUT2D eigenvalue weighted by molar-refractivity contribution is 6.09. The molecule has 34 heavy (non-hydrogen) atoms. The lowest BCUT2D eigenvalue weighted by Crippen LogP contribution is -2.40. The molecule has 2 heterocycles. The highest BCUT2D eigenvalue weighted by Gasteiger charge is 2.27. The van der Waals surface area contributed by atoms with Gasteiger partial charge in [0.15, 0.2) is 11.6 Å². The Bertz CT molecular complexity index is 1210. The second-order valence-electron chi connectivity index (χ2n) is 9.39. The van der Waals surface area contributed by atoms with Gasteiger partial charge in [0.1, 0.15) is 23.3 Å². The zero-order valence-electron chi connectivity index (χ0n) is 19.5. The van der Waals surface area contributed by atoms with Crippen LogP contribution >= 0.6 is 0 Å². The molecular formula is C25H30FN5O3. The number of aromatic amines is 1. The van der Waals surface area contributed by atoms with Crippen molar-refractivity contribution in [3.8, 4) is 22.8 Å². The lowest BCUT2D eigenvalue weighted by Gasteiger charge is -2.26. The Labute approximate surface area is 197 Å². The fourth-order valence-electron chi connectivity index (χ4n) is 4.61. The number of carbonyl (C=O) groups is 1. The quantitative estimate of drug-likeness (QED) is 0.486. The number of nitrogens with one attached hydrogen (secondary N) is 2. The number of hydrogen-bond acceptors (Lipinski definition) is 6. The third kappa shape index (κ3) is 4.44. The van der Waals surface area contributed by atoms with Crippen LogP contribution in [0.2, 0.25) is 0 Å². The molecule has 5 rings (SSSR count). The fourth-order valence-corrected chi connectivity index (χ4v) is 4.61. The van der Waals surface area contributed by atoms with Crippen LogP contribution in [0, 0.1) is 18.7 Å². The summed E-state index contributed by atoms with van der Waals surface area (Å²) in [5, 5.41) is 3.13. The minimum atomic E-state index is -0.514. The Kier molecular flexibility index (Phi) is 6.12. The van der Waals surface area contributed by atoms with Crippen LogP contribution in [0.5, 0.6) is 11.5 Å². The molecule has 9 heteroatoms. The molecule has 2 saturated carbocycles. The van der Waals surface area contributed by atoms with Gasteiger partial charge in [0.05, 0.1) is 24.8 Å². The van der Waals surface area contributed by atoms with Gasteiger partial charge in [-0.05, 0) is 57.4 Å². The van der Waals surface area contributed by atoms with Gasteiger partial charge in [-0.25, -0.2) is 14.4 Å². The third-order valence-electron chi connectivity index (χ3n) is 6.79. The van der Waals surface area contributed by atoms with E-state index >= 15 is 0 Å². The SMILES string of the molecule is COc1cc(OCC2CC2)c(-c2ncnc3c(C(=O)NC4CCC(N)CC4)c(C)[nH]c23)cc1F. The second kappa shape index (κ2) is 9.21. The molecule has 0 bridgehead atoms. The molecule has 2 fully saturated rings. The van der Waals surface area contributed by atoms with Crippen molar-refractivity contribution in [3.63, 3.8) is 0 Å². The van der Waals surface area contributed by atoms with E-state index in [4.69, 9.17) is 15.2 Å². The predicted octanol–water partition coefficient (Wildman–Crippen LogP) is 3.87. The molecule has 1 amide bonds. The van der Waals surface area contributed by atoms with Crippen LogP contribution < -0.4 is 20.5 Å². The number of aromatic nitrogens is 3. The molecule has 8 nitrogen and oxygen atoms in total. The monoisotopic (exact) mass is 467 g/mol. The molecule has 1 aromatic carbocycles. The number of halogens is 1. The summed E-state index contributed by atoms with van der Waals surface area (Å²) in [6.45, 7) is 2.38. The lowest BCUT2D eigenvalue weighted by molar-refractivity contribution is 0.0927. The van der Waals surface area contributed by atoms with E-state index in [1.165, 1.54) is 19.5 Å². The smallest absolute Gasteiger partial charge is 0.255 e. The Hall–Kier alpha value is -3.20. The molecule has 0 unspecified atom stereocenters. The number of nitrogens with zero attached hydrogens (tertiary/aromatic N) is 2. The molecule has 0 aliphatic heterocycles. The molecule has 180 valence electrons. The topological polar surface area (TPSA) is 115 Å². The molecule has 2 aliphatic rings. The number of ether oxygens (including phenoxy) is 2. The van der Waals surface area contributed by atoms with E-state index in [1.54, 1.807) is 6.07 Å². The summed E-state index contributed by atoms with van der Waals surface area (Å²) in [5.74, 6) is 0.420. The van der Waals surface area contributed by atoms with Crippen molar-refractivity contribution in [2.75, 3.05) is 13.7 Å². The van der Waals surface area contributed by atoms with E-state index in [0.29, 0.717) is 51.8 Å². The first-order chi connectivity index (χ1) is 16.4. The zero-order valence-corrected chi connectivity index (χ0v) is 19.5. The maximum absolute atomic E-state index is 14.7. The minimum absolute atomic E-state index is 0.0936. The summed E-state index contributed by atoms with van der Waals surface area (Å²) in [5.41, 5.74) is 9.17. The first-order valence-corrected chi connectivity index (χ1v) is 11.8. The van der Waals surface area contributed by atoms with Gasteiger partial charge in [-0.2, -0.15) is 0 Å². The molecule has 2 aromatic heterocycles. The number of H-pyrrole nitrogens is 1. The van der Waals surface area contributed by atoms with E-state index in [0.717, 1.165) is 38.5 Å². The average molecular weight is 468 g/mol. The first-order valence-electron chi connectivity index (χ1n) is 11.8. The number of benzene rings is 1. The molecular weight excluding hydrogens is 437 g/mol. The van der Waals surface area contributed by atoms with Gasteiger partial charge < -0.3 is 25.5 Å². The van der Waals surface area contributed by atoms with E-state index < -0.39 is 5.82 Å². The van der Waals surface area contributed by atoms with Crippen LogP contribution in [0.3, 0.4) is 0 Å². The number of carbonyl (C=O) groups excluding carboxylic acids is 1. The van der Waals surface area contributed by atoms with Crippen LogP contribution in [0.15, 0.2) is 18.5 Å². The third-order valence-corrected chi connectivity index (χ3v) is 6.79. The van der Waals surface area contributed by atoms with Gasteiger partial charge >= 0.3 is 0 Å². The maximum atomic E-state index is 14.7. The molecule has 0 atom stereocenters. The Balaban J connectivity index is 1.52. The maximum Gasteiger partial charge on any atom is 0.255 e. The summed E-state index contributed by atoms with van der Waals surface area (Å²) in [6, 6.07) is 3.22. The Morgan fingerprint density at radius 1 is 1.18 bits per heavy atom. The van der Waals surface area contributed by atoms with Gasteiger partial charge in [-0.1, -0.05) is 0 Å². The van der Waals surface area contributed by atoms with Crippen LogP contribution in [0.1, 0.15) is 54.6 Å². The number of aryl methyl sites for hydroxylation is 1. The van der Waals surface area contributed by atoms with E-state index in [-0.39, 0.29) is 23.7 Å². The molecule has 0 saturated heterocycles. The number of nitrogens with two attached hydrogens (primary N) is 1. The minimum Gasteiger partial charge on any atom is -0.494 e. The molecule has 3 aromatic rings. The normalized spacial score (nSPS) is 20.4. The Morgan fingerprint density at radius 3 is 2.65 bits per heavy atom. The summed E-state index contributed by atoms with van der Waals surface area (Å²) in [6.07, 6.45) is 7.18. The second-order valence-corrected chi connectivity index (χ2v) is 9.39. The predicted molar refractivity (Wildman–Crippen MR) is 126 cm³/mol. The van der Waals surface area contributed by atoms with Crippen molar-refractivity contribution in [1.29, 1.82) is 0 Å². The summed E-state index contributed by atoms with van der Waals surface area (Å²) >= 11 is 0. The number of amides is 1. The average Bonchev–Trinajstić information content (AvgIpc) is 3.59. The van der Waals surface area contributed by atoms with Gasteiger partial charge in [-0.15, -0.1) is 0 Å².